The van der Waals surface area contributed by atoms with Crippen molar-refractivity contribution in [1.29, 1.82) is 0 Å². The number of hydrogen-bond acceptors (Lipinski definition) is 2. The number of hydrogen-bond donors (Lipinski definition) is 3. The summed E-state index contributed by atoms with van der Waals surface area (Å²) in [6, 6.07) is 13.0. The average Bonchev–Trinajstić information content (AvgIpc) is 3.44. The van der Waals surface area contributed by atoms with Crippen LogP contribution in [0.4, 0.5) is 17.6 Å². The Bertz CT molecular complexity index is 1160. The SMILES string of the molecule is O=C(CCc1cc(-c2ccc(C(F)F)cc2)[nH]c1-c1ccc(C(F)F)cc1)NC1CCNC1=O. The maximum Gasteiger partial charge on any atom is 0.263 e. The second-order valence-electron chi connectivity index (χ2n) is 8.13. The van der Waals surface area contributed by atoms with Crippen LogP contribution in [0.1, 0.15) is 42.4 Å². The smallest absolute Gasteiger partial charge is 0.263 e. The molecule has 2 aromatic carbocycles. The van der Waals surface area contributed by atoms with Gasteiger partial charge >= 0.3 is 0 Å². The molecule has 1 atom stereocenters. The zero-order valence-corrected chi connectivity index (χ0v) is 18.1. The monoisotopic (exact) mass is 473 g/mol. The Morgan fingerprint density at radius 1 is 0.941 bits per heavy atom. The van der Waals surface area contributed by atoms with E-state index in [2.05, 4.69) is 15.6 Å². The largest absolute Gasteiger partial charge is 0.354 e. The molecule has 9 heteroatoms. The first-order valence-corrected chi connectivity index (χ1v) is 10.9. The van der Waals surface area contributed by atoms with Crippen molar-refractivity contribution >= 4 is 11.8 Å². The maximum absolute atomic E-state index is 13.0. The normalized spacial score (nSPS) is 15.7. The first-order valence-electron chi connectivity index (χ1n) is 10.9. The number of rotatable bonds is 8. The van der Waals surface area contributed by atoms with Crippen molar-refractivity contribution in [2.45, 2.75) is 38.2 Å². The van der Waals surface area contributed by atoms with E-state index in [4.69, 9.17) is 0 Å². The third kappa shape index (κ3) is 5.30. The zero-order valence-electron chi connectivity index (χ0n) is 18.1. The highest BCUT2D eigenvalue weighted by Crippen LogP contribution is 2.32. The highest BCUT2D eigenvalue weighted by atomic mass is 19.3. The van der Waals surface area contributed by atoms with E-state index < -0.39 is 18.9 Å². The molecule has 2 amide bonds. The lowest BCUT2D eigenvalue weighted by atomic mass is 10.0. The molecule has 1 aromatic heterocycles. The van der Waals surface area contributed by atoms with Gasteiger partial charge in [0.15, 0.2) is 0 Å². The number of nitrogens with one attached hydrogen (secondary N) is 3. The molecule has 1 saturated heterocycles. The van der Waals surface area contributed by atoms with Gasteiger partial charge in [-0.2, -0.15) is 0 Å². The summed E-state index contributed by atoms with van der Waals surface area (Å²) in [6.45, 7) is 0.522. The minimum Gasteiger partial charge on any atom is -0.354 e. The van der Waals surface area contributed by atoms with Crippen LogP contribution in [0.5, 0.6) is 0 Å². The van der Waals surface area contributed by atoms with Crippen LogP contribution in [0.25, 0.3) is 22.5 Å². The summed E-state index contributed by atoms with van der Waals surface area (Å²) in [6.07, 6.45) is -4.17. The molecule has 2 heterocycles. The minimum atomic E-state index is -2.59. The topological polar surface area (TPSA) is 74.0 Å². The second kappa shape index (κ2) is 10.1. The van der Waals surface area contributed by atoms with Crippen molar-refractivity contribution in [1.82, 2.24) is 15.6 Å². The number of aromatic nitrogens is 1. The molecule has 0 bridgehead atoms. The fourth-order valence-corrected chi connectivity index (χ4v) is 3.96. The summed E-state index contributed by atoms with van der Waals surface area (Å²) in [5, 5.41) is 5.38. The Hall–Kier alpha value is -3.62. The number of halogens is 4. The van der Waals surface area contributed by atoms with E-state index in [0.717, 1.165) is 5.56 Å². The van der Waals surface area contributed by atoms with Crippen LogP contribution in [-0.2, 0) is 16.0 Å². The van der Waals surface area contributed by atoms with Crippen molar-refractivity contribution in [3.05, 3.63) is 71.3 Å². The average molecular weight is 473 g/mol. The van der Waals surface area contributed by atoms with Gasteiger partial charge in [0, 0.05) is 35.5 Å². The van der Waals surface area contributed by atoms with Gasteiger partial charge < -0.3 is 15.6 Å². The third-order valence-corrected chi connectivity index (χ3v) is 5.83. The summed E-state index contributed by atoms with van der Waals surface area (Å²) in [5.74, 6) is -0.477. The van der Waals surface area contributed by atoms with Crippen LogP contribution < -0.4 is 10.6 Å². The van der Waals surface area contributed by atoms with E-state index in [1.54, 1.807) is 24.3 Å². The van der Waals surface area contributed by atoms with Gasteiger partial charge in [0.05, 0.1) is 0 Å². The van der Waals surface area contributed by atoms with Crippen LogP contribution in [0.2, 0.25) is 0 Å². The van der Waals surface area contributed by atoms with E-state index in [9.17, 15) is 27.2 Å². The highest BCUT2D eigenvalue weighted by molar-refractivity contribution is 5.89. The molecule has 0 spiro atoms. The van der Waals surface area contributed by atoms with Gasteiger partial charge in [0.1, 0.15) is 6.04 Å². The molecule has 0 radical (unpaired) electrons. The van der Waals surface area contributed by atoms with Gasteiger partial charge in [-0.15, -0.1) is 0 Å². The maximum atomic E-state index is 13.0. The summed E-state index contributed by atoms with van der Waals surface area (Å²) >= 11 is 0. The number of aryl methyl sites for hydroxylation is 1. The molecule has 178 valence electrons. The fraction of sp³-hybridized carbons (Fsp3) is 0.280. The summed E-state index contributed by atoms with van der Waals surface area (Å²) in [5.41, 5.74) is 3.21. The summed E-state index contributed by atoms with van der Waals surface area (Å²) in [7, 11) is 0. The van der Waals surface area contributed by atoms with Crippen LogP contribution in [-0.4, -0.2) is 29.4 Å². The van der Waals surface area contributed by atoms with Gasteiger partial charge in [-0.1, -0.05) is 48.5 Å². The molecule has 3 aromatic rings. The van der Waals surface area contributed by atoms with Gasteiger partial charge in [-0.3, -0.25) is 9.59 Å². The van der Waals surface area contributed by atoms with Crippen LogP contribution in [0.15, 0.2) is 54.6 Å². The molecule has 1 aliphatic rings. The standard InChI is InChI=1S/C25H23F4N3O2/c26-23(27)16-5-1-14(2-6-16)20-13-18(9-10-21(33)31-19-11-12-30-25(19)34)22(32-20)15-3-7-17(8-4-15)24(28)29/h1-8,13,19,23-24,32H,9-12H2,(H,30,34)(H,31,33). The third-order valence-electron chi connectivity index (χ3n) is 5.83. The lowest BCUT2D eigenvalue weighted by molar-refractivity contribution is -0.127. The molecule has 1 aliphatic heterocycles. The predicted molar refractivity (Wildman–Crippen MR) is 119 cm³/mol. The molecular formula is C25H23F4N3O2. The van der Waals surface area contributed by atoms with Gasteiger partial charge in [0.25, 0.3) is 12.9 Å². The van der Waals surface area contributed by atoms with Gasteiger partial charge in [-0.05, 0) is 35.6 Å². The number of amides is 2. The highest BCUT2D eigenvalue weighted by Gasteiger charge is 2.25. The van der Waals surface area contributed by atoms with Gasteiger partial charge in [-0.25, -0.2) is 17.6 Å². The van der Waals surface area contributed by atoms with Crippen molar-refractivity contribution < 1.29 is 27.2 Å². The lowest BCUT2D eigenvalue weighted by Gasteiger charge is -2.10. The second-order valence-corrected chi connectivity index (χ2v) is 8.13. The Morgan fingerprint density at radius 3 is 2.06 bits per heavy atom. The number of carbonyl (C=O) groups excluding carboxylic acids is 2. The van der Waals surface area contributed by atoms with Crippen LogP contribution >= 0.6 is 0 Å². The molecule has 34 heavy (non-hydrogen) atoms. The quantitative estimate of drug-likeness (QED) is 0.396. The number of benzene rings is 2. The van der Waals surface area contributed by atoms with Crippen molar-refractivity contribution in [3.63, 3.8) is 0 Å². The van der Waals surface area contributed by atoms with Gasteiger partial charge in [0.2, 0.25) is 11.8 Å². The molecule has 5 nitrogen and oxygen atoms in total. The number of H-pyrrole nitrogens is 1. The Kier molecular flexibility index (Phi) is 7.00. The molecular weight excluding hydrogens is 450 g/mol. The molecule has 4 rings (SSSR count). The first kappa shape index (κ1) is 23.5. The number of carbonyl (C=O) groups is 2. The van der Waals surface area contributed by atoms with Crippen molar-refractivity contribution in [2.24, 2.45) is 0 Å². The van der Waals surface area contributed by atoms with E-state index in [1.165, 1.54) is 24.3 Å². The molecule has 0 aliphatic carbocycles. The summed E-state index contributed by atoms with van der Waals surface area (Å²) in [4.78, 5) is 27.3. The Morgan fingerprint density at radius 2 is 1.53 bits per heavy atom. The molecule has 1 fully saturated rings. The van der Waals surface area contributed by atoms with Crippen molar-refractivity contribution in [3.8, 4) is 22.5 Å². The van der Waals surface area contributed by atoms with Crippen LogP contribution in [0.3, 0.4) is 0 Å². The Labute approximate surface area is 193 Å². The number of aromatic amines is 1. The zero-order chi connectivity index (χ0) is 24.2. The van der Waals surface area contributed by atoms with E-state index in [0.29, 0.717) is 41.9 Å². The lowest BCUT2D eigenvalue weighted by Crippen LogP contribution is -2.40. The molecule has 0 saturated carbocycles. The molecule has 3 N–H and O–H groups in total. The molecule has 1 unspecified atom stereocenters. The van der Waals surface area contributed by atoms with E-state index >= 15 is 0 Å². The van der Waals surface area contributed by atoms with E-state index in [-0.39, 0.29) is 29.4 Å². The minimum absolute atomic E-state index is 0.0917. The number of alkyl halides is 4. The van der Waals surface area contributed by atoms with E-state index in [1.807, 2.05) is 6.07 Å². The van der Waals surface area contributed by atoms with Crippen LogP contribution in [0, 0.1) is 0 Å². The summed E-state index contributed by atoms with van der Waals surface area (Å²) < 4.78 is 51.7. The van der Waals surface area contributed by atoms with Crippen molar-refractivity contribution in [2.75, 3.05) is 6.54 Å². The first-order chi connectivity index (χ1) is 16.3. The fourth-order valence-electron chi connectivity index (χ4n) is 3.96. The Balaban J connectivity index is 1.58. The predicted octanol–water partition coefficient (Wildman–Crippen LogP) is 5.16.